The third kappa shape index (κ3) is 3.05. The fraction of sp³-hybridized carbons (Fsp3) is 0.450. The van der Waals surface area contributed by atoms with Gasteiger partial charge >= 0.3 is 0 Å². The van der Waals surface area contributed by atoms with Crippen molar-refractivity contribution in [3.05, 3.63) is 54.6 Å². The van der Waals surface area contributed by atoms with Crippen LogP contribution in [-0.4, -0.2) is 64.0 Å². The molecule has 0 radical (unpaired) electrons. The van der Waals surface area contributed by atoms with E-state index in [4.69, 9.17) is 4.74 Å². The summed E-state index contributed by atoms with van der Waals surface area (Å²) in [6, 6.07) is 8.27. The van der Waals surface area contributed by atoms with Crippen LogP contribution < -0.4 is 4.74 Å². The van der Waals surface area contributed by atoms with E-state index >= 15 is 0 Å². The first-order chi connectivity index (χ1) is 12.6. The molecule has 0 saturated carbocycles. The number of likely N-dealkylation sites (tertiary alicyclic amines) is 1. The molecule has 2 aliphatic rings. The zero-order valence-electron chi connectivity index (χ0n) is 15.2. The number of piperazine rings is 1. The average molecular weight is 352 g/mol. The van der Waals surface area contributed by atoms with Crippen molar-refractivity contribution < 1.29 is 9.53 Å². The summed E-state index contributed by atoms with van der Waals surface area (Å²) >= 11 is 0. The number of aromatic nitrogens is 2. The van der Waals surface area contributed by atoms with Gasteiger partial charge in [-0.3, -0.25) is 19.7 Å². The molecule has 4 heterocycles. The van der Waals surface area contributed by atoms with Crippen LogP contribution in [0, 0.1) is 5.92 Å². The molecule has 2 aliphatic heterocycles. The standard InChI is InChI=1S/C20H24N4O2/c1-14-19-16(13-26-18-6-4-8-22-11-18)9-17(23(19)2)12-24(14)20(25)15-5-3-7-21-10-15/h3-8,10-11,14,16-17,19H,9,12-13H2,1-2H3/t14?,16-,17-,19-/m1/s1. The van der Waals surface area contributed by atoms with Gasteiger partial charge in [0, 0.05) is 49.2 Å². The maximum absolute atomic E-state index is 12.9. The van der Waals surface area contributed by atoms with E-state index in [1.807, 2.05) is 29.2 Å². The summed E-state index contributed by atoms with van der Waals surface area (Å²) in [6.45, 7) is 3.55. The Bertz CT molecular complexity index is 755. The number of pyridine rings is 2. The quantitative estimate of drug-likeness (QED) is 0.843. The van der Waals surface area contributed by atoms with Crippen molar-refractivity contribution in [3.63, 3.8) is 0 Å². The summed E-state index contributed by atoms with van der Waals surface area (Å²) in [7, 11) is 2.17. The van der Waals surface area contributed by atoms with Gasteiger partial charge in [0.1, 0.15) is 5.75 Å². The minimum absolute atomic E-state index is 0.0718. The molecule has 6 heteroatoms. The first-order valence-corrected chi connectivity index (χ1v) is 9.11. The second-order valence-electron chi connectivity index (χ2n) is 7.25. The third-order valence-corrected chi connectivity index (χ3v) is 5.77. The highest BCUT2D eigenvalue weighted by Crippen LogP contribution is 2.38. The molecule has 1 amide bonds. The molecule has 0 aliphatic carbocycles. The maximum atomic E-state index is 12.9. The SMILES string of the molecule is CC1[C@@H]2[C@@H](COc3cccnc3)C[C@H](CN1C(=O)c1cccnc1)N2C. The Morgan fingerprint density at radius 2 is 2.00 bits per heavy atom. The van der Waals surface area contributed by atoms with Crippen LogP contribution in [0.15, 0.2) is 49.1 Å². The lowest BCUT2D eigenvalue weighted by molar-refractivity contribution is 0.0223. The van der Waals surface area contributed by atoms with E-state index in [0.29, 0.717) is 30.2 Å². The summed E-state index contributed by atoms with van der Waals surface area (Å²) in [5, 5.41) is 0. The molecule has 0 aromatic carbocycles. The summed E-state index contributed by atoms with van der Waals surface area (Å²) < 4.78 is 5.97. The van der Waals surface area contributed by atoms with Crippen LogP contribution in [0.3, 0.4) is 0 Å². The Labute approximate surface area is 153 Å². The molecule has 136 valence electrons. The van der Waals surface area contributed by atoms with E-state index in [1.54, 1.807) is 24.8 Å². The van der Waals surface area contributed by atoms with Gasteiger partial charge in [0.25, 0.3) is 5.91 Å². The molecular weight excluding hydrogens is 328 g/mol. The normalized spacial score (nSPS) is 28.2. The van der Waals surface area contributed by atoms with E-state index in [0.717, 1.165) is 18.7 Å². The number of carbonyl (C=O) groups excluding carboxylic acids is 1. The number of likely N-dealkylation sites (N-methyl/N-ethyl adjacent to an activating group) is 1. The van der Waals surface area contributed by atoms with Crippen molar-refractivity contribution in [2.24, 2.45) is 5.92 Å². The van der Waals surface area contributed by atoms with Gasteiger partial charge in [-0.15, -0.1) is 0 Å². The molecular formula is C20H24N4O2. The molecule has 0 N–H and O–H groups in total. The average Bonchev–Trinajstić information content (AvgIpc) is 2.91. The van der Waals surface area contributed by atoms with Crippen LogP contribution in [0.1, 0.15) is 23.7 Å². The summed E-state index contributed by atoms with van der Waals surface area (Å²) in [6.07, 6.45) is 7.88. The lowest BCUT2D eigenvalue weighted by Gasteiger charge is -2.45. The monoisotopic (exact) mass is 352 g/mol. The molecule has 26 heavy (non-hydrogen) atoms. The van der Waals surface area contributed by atoms with Gasteiger partial charge in [-0.2, -0.15) is 0 Å². The highest BCUT2D eigenvalue weighted by Gasteiger charge is 2.49. The molecule has 1 unspecified atom stereocenters. The Balaban J connectivity index is 1.48. The number of ether oxygens (including phenoxy) is 1. The summed E-state index contributed by atoms with van der Waals surface area (Å²) in [4.78, 5) is 25.6. The Hall–Kier alpha value is -2.47. The van der Waals surface area contributed by atoms with E-state index in [-0.39, 0.29) is 11.9 Å². The predicted molar refractivity (Wildman–Crippen MR) is 97.9 cm³/mol. The Kier molecular flexibility index (Phi) is 4.59. The molecule has 6 nitrogen and oxygen atoms in total. The molecule has 2 saturated heterocycles. The van der Waals surface area contributed by atoms with Crippen LogP contribution in [0.5, 0.6) is 5.75 Å². The predicted octanol–water partition coefficient (Wildman–Crippen LogP) is 2.09. The minimum Gasteiger partial charge on any atom is -0.492 e. The van der Waals surface area contributed by atoms with Gasteiger partial charge in [-0.1, -0.05) is 0 Å². The lowest BCUT2D eigenvalue weighted by atomic mass is 9.95. The number of fused-ring (bicyclic) bond motifs is 2. The van der Waals surface area contributed by atoms with E-state index in [2.05, 4.69) is 28.8 Å². The van der Waals surface area contributed by atoms with Crippen LogP contribution in [-0.2, 0) is 0 Å². The van der Waals surface area contributed by atoms with E-state index in [1.165, 1.54) is 0 Å². The Morgan fingerprint density at radius 3 is 2.69 bits per heavy atom. The second kappa shape index (κ2) is 7.03. The first kappa shape index (κ1) is 17.0. The van der Waals surface area contributed by atoms with Gasteiger partial charge < -0.3 is 9.64 Å². The summed E-state index contributed by atoms with van der Waals surface area (Å²) in [5.41, 5.74) is 0.659. The van der Waals surface area contributed by atoms with Crippen molar-refractivity contribution in [2.75, 3.05) is 20.2 Å². The van der Waals surface area contributed by atoms with Crippen LogP contribution in [0.25, 0.3) is 0 Å². The zero-order chi connectivity index (χ0) is 18.1. The van der Waals surface area contributed by atoms with Crippen LogP contribution >= 0.6 is 0 Å². The second-order valence-corrected chi connectivity index (χ2v) is 7.25. The number of hydrogen-bond donors (Lipinski definition) is 0. The van der Waals surface area contributed by atoms with Crippen molar-refractivity contribution in [1.29, 1.82) is 0 Å². The van der Waals surface area contributed by atoms with Crippen molar-refractivity contribution in [2.45, 2.75) is 31.5 Å². The van der Waals surface area contributed by atoms with Gasteiger partial charge in [-0.25, -0.2) is 0 Å². The van der Waals surface area contributed by atoms with Gasteiger partial charge in [0.05, 0.1) is 18.4 Å². The molecule has 0 spiro atoms. The van der Waals surface area contributed by atoms with Gasteiger partial charge in [-0.05, 0) is 44.7 Å². The van der Waals surface area contributed by atoms with Crippen molar-refractivity contribution in [1.82, 2.24) is 19.8 Å². The van der Waals surface area contributed by atoms with Gasteiger partial charge in [0.15, 0.2) is 0 Å². The number of nitrogens with zero attached hydrogens (tertiary/aromatic N) is 4. The summed E-state index contributed by atoms with van der Waals surface area (Å²) in [5.74, 6) is 1.27. The molecule has 2 bridgehead atoms. The van der Waals surface area contributed by atoms with Gasteiger partial charge in [0.2, 0.25) is 0 Å². The largest absolute Gasteiger partial charge is 0.492 e. The molecule has 2 aromatic heterocycles. The van der Waals surface area contributed by atoms with Crippen molar-refractivity contribution in [3.8, 4) is 5.75 Å². The highest BCUT2D eigenvalue weighted by atomic mass is 16.5. The lowest BCUT2D eigenvalue weighted by Crippen LogP contribution is -2.60. The minimum atomic E-state index is 0.0718. The molecule has 2 aromatic rings. The highest BCUT2D eigenvalue weighted by molar-refractivity contribution is 5.94. The first-order valence-electron chi connectivity index (χ1n) is 9.11. The number of carbonyl (C=O) groups is 1. The van der Waals surface area contributed by atoms with E-state index < -0.39 is 0 Å². The number of amides is 1. The molecule has 2 fully saturated rings. The van der Waals surface area contributed by atoms with Crippen molar-refractivity contribution >= 4 is 5.91 Å². The van der Waals surface area contributed by atoms with Crippen LogP contribution in [0.4, 0.5) is 0 Å². The zero-order valence-corrected chi connectivity index (χ0v) is 15.2. The maximum Gasteiger partial charge on any atom is 0.255 e. The van der Waals surface area contributed by atoms with Crippen LogP contribution in [0.2, 0.25) is 0 Å². The molecule has 4 rings (SSSR count). The third-order valence-electron chi connectivity index (χ3n) is 5.77. The number of rotatable bonds is 4. The fourth-order valence-corrected chi connectivity index (χ4v) is 4.47. The fourth-order valence-electron chi connectivity index (χ4n) is 4.47. The Morgan fingerprint density at radius 1 is 1.23 bits per heavy atom. The topological polar surface area (TPSA) is 58.6 Å². The molecule has 4 atom stereocenters. The smallest absolute Gasteiger partial charge is 0.255 e. The van der Waals surface area contributed by atoms with E-state index in [9.17, 15) is 4.79 Å². The number of hydrogen-bond acceptors (Lipinski definition) is 5.